The molecule has 1 aliphatic carbocycles. The number of fused-ring (bicyclic) bond motifs is 1. The lowest BCUT2D eigenvalue weighted by molar-refractivity contribution is 0.607. The van der Waals surface area contributed by atoms with Crippen molar-refractivity contribution in [2.45, 2.75) is 31.6 Å². The molecule has 5 nitrogen and oxygen atoms in total. The average Bonchev–Trinajstić information content (AvgIpc) is 3.37. The minimum Gasteiger partial charge on any atom is -0.356 e. The Hall–Kier alpha value is -2.16. The highest BCUT2D eigenvalue weighted by Crippen LogP contribution is 2.47. The number of nitrogens with one attached hydrogen (secondary N) is 2. The van der Waals surface area contributed by atoms with E-state index in [-0.39, 0.29) is 35.2 Å². The number of hydrogen-bond acceptors (Lipinski definition) is 2. The van der Waals surface area contributed by atoms with Gasteiger partial charge in [-0.1, -0.05) is 18.2 Å². The zero-order chi connectivity index (χ0) is 19.6. The molecule has 2 aromatic heterocycles. The van der Waals surface area contributed by atoms with Crippen LogP contribution in [0.1, 0.15) is 29.7 Å². The molecule has 0 aliphatic heterocycles. The van der Waals surface area contributed by atoms with E-state index in [0.29, 0.717) is 0 Å². The Labute approximate surface area is 187 Å². The molecule has 2 N–H and O–H groups in total. The van der Waals surface area contributed by atoms with E-state index in [9.17, 15) is 4.39 Å². The van der Waals surface area contributed by atoms with Crippen LogP contribution in [-0.4, -0.2) is 35.5 Å². The van der Waals surface area contributed by atoms with E-state index >= 15 is 0 Å². The van der Waals surface area contributed by atoms with Gasteiger partial charge in [-0.05, 0) is 49.1 Å². The van der Waals surface area contributed by atoms with Gasteiger partial charge in [-0.2, -0.15) is 0 Å². The van der Waals surface area contributed by atoms with E-state index in [4.69, 9.17) is 4.98 Å². The van der Waals surface area contributed by atoms with Crippen molar-refractivity contribution in [2.24, 2.45) is 4.99 Å². The molecule has 7 heteroatoms. The lowest BCUT2D eigenvalue weighted by atomic mass is 9.96. The number of pyridine rings is 1. The maximum atomic E-state index is 13.6. The lowest BCUT2D eigenvalue weighted by Gasteiger charge is -2.19. The summed E-state index contributed by atoms with van der Waals surface area (Å²) in [5, 5.41) is 6.76. The maximum Gasteiger partial charge on any atom is 0.191 e. The first kappa shape index (κ1) is 21.5. The SMILES string of the molecule is CN=C(NCCc1cn2cccc(C)c2n1)NCC1(c2cccc(F)c2)CC1.I. The van der Waals surface area contributed by atoms with E-state index in [0.717, 1.165) is 55.2 Å². The normalized spacial score (nSPS) is 15.1. The van der Waals surface area contributed by atoms with Gasteiger partial charge in [-0.25, -0.2) is 9.37 Å². The number of halogens is 2. The fourth-order valence-corrected chi connectivity index (χ4v) is 3.64. The van der Waals surface area contributed by atoms with Crippen LogP contribution in [0, 0.1) is 12.7 Å². The summed E-state index contributed by atoms with van der Waals surface area (Å²) < 4.78 is 15.6. The van der Waals surface area contributed by atoms with Crippen molar-refractivity contribution in [1.82, 2.24) is 20.0 Å². The second-order valence-corrected chi connectivity index (χ2v) is 7.55. The van der Waals surface area contributed by atoms with E-state index in [1.54, 1.807) is 19.2 Å². The Balaban J connectivity index is 0.00000240. The van der Waals surface area contributed by atoms with Crippen molar-refractivity contribution in [3.63, 3.8) is 0 Å². The van der Waals surface area contributed by atoms with Crippen LogP contribution in [0.25, 0.3) is 5.65 Å². The molecule has 154 valence electrons. The van der Waals surface area contributed by atoms with Crippen molar-refractivity contribution in [3.05, 3.63) is 71.4 Å². The minimum absolute atomic E-state index is 0. The molecule has 29 heavy (non-hydrogen) atoms. The number of rotatable bonds is 6. The predicted molar refractivity (Wildman–Crippen MR) is 126 cm³/mol. The number of hydrogen-bond donors (Lipinski definition) is 2. The fourth-order valence-electron chi connectivity index (χ4n) is 3.64. The zero-order valence-electron chi connectivity index (χ0n) is 16.8. The Kier molecular flexibility index (Phi) is 6.77. The smallest absolute Gasteiger partial charge is 0.191 e. The fraction of sp³-hybridized carbons (Fsp3) is 0.364. The summed E-state index contributed by atoms with van der Waals surface area (Å²) in [6.45, 7) is 3.57. The first-order valence-corrected chi connectivity index (χ1v) is 9.73. The highest BCUT2D eigenvalue weighted by molar-refractivity contribution is 14.0. The zero-order valence-corrected chi connectivity index (χ0v) is 19.1. The number of imidazole rings is 1. The van der Waals surface area contributed by atoms with E-state index in [1.807, 2.05) is 18.3 Å². The molecule has 1 fully saturated rings. The number of benzene rings is 1. The topological polar surface area (TPSA) is 53.7 Å². The number of aryl methyl sites for hydroxylation is 1. The summed E-state index contributed by atoms with van der Waals surface area (Å²) in [6.07, 6.45) is 7.05. The van der Waals surface area contributed by atoms with Gasteiger partial charge >= 0.3 is 0 Å². The third-order valence-corrected chi connectivity index (χ3v) is 5.51. The molecule has 0 spiro atoms. The monoisotopic (exact) mass is 507 g/mol. The van der Waals surface area contributed by atoms with Crippen molar-refractivity contribution < 1.29 is 4.39 Å². The Morgan fingerprint density at radius 3 is 2.76 bits per heavy atom. The number of aromatic nitrogens is 2. The van der Waals surface area contributed by atoms with Crippen LogP contribution in [0.3, 0.4) is 0 Å². The standard InChI is InChI=1S/C22H26FN5.HI/c1-16-5-4-12-28-14-19(27-20(16)28)8-11-25-21(24-2)26-15-22(9-10-22)17-6-3-7-18(23)13-17;/h3-7,12-14H,8-11,15H2,1-2H3,(H2,24,25,26);1H. The second kappa shape index (κ2) is 9.11. The molecule has 3 aromatic rings. The molecule has 0 unspecified atom stereocenters. The first-order valence-electron chi connectivity index (χ1n) is 9.73. The van der Waals surface area contributed by atoms with Gasteiger partial charge in [0.05, 0.1) is 5.69 Å². The molecule has 0 saturated heterocycles. The van der Waals surface area contributed by atoms with Crippen LogP contribution in [-0.2, 0) is 11.8 Å². The summed E-state index contributed by atoms with van der Waals surface area (Å²) in [5.74, 6) is 0.594. The predicted octanol–water partition coefficient (Wildman–Crippen LogP) is 3.84. The molecule has 0 atom stereocenters. The maximum absolute atomic E-state index is 13.6. The molecule has 1 aliphatic rings. The molecule has 1 saturated carbocycles. The van der Waals surface area contributed by atoms with Gasteiger partial charge in [0.15, 0.2) is 5.96 Å². The van der Waals surface area contributed by atoms with Crippen LogP contribution in [0.2, 0.25) is 0 Å². The van der Waals surface area contributed by atoms with Gasteiger partial charge in [0.2, 0.25) is 0 Å². The molecular formula is C22H27FIN5. The van der Waals surface area contributed by atoms with E-state index in [2.05, 4.69) is 39.2 Å². The first-order chi connectivity index (χ1) is 13.6. The van der Waals surface area contributed by atoms with E-state index in [1.165, 1.54) is 11.6 Å². The van der Waals surface area contributed by atoms with Crippen LogP contribution < -0.4 is 10.6 Å². The van der Waals surface area contributed by atoms with Gasteiger partial charge in [0, 0.05) is 44.4 Å². The van der Waals surface area contributed by atoms with Crippen LogP contribution >= 0.6 is 24.0 Å². The van der Waals surface area contributed by atoms with Crippen LogP contribution in [0.4, 0.5) is 4.39 Å². The third kappa shape index (κ3) is 4.88. The van der Waals surface area contributed by atoms with Crippen molar-refractivity contribution in [1.29, 1.82) is 0 Å². The molecule has 0 radical (unpaired) electrons. The van der Waals surface area contributed by atoms with Crippen LogP contribution in [0.15, 0.2) is 53.8 Å². The second-order valence-electron chi connectivity index (χ2n) is 7.55. The number of aliphatic imine (C=N–C) groups is 1. The van der Waals surface area contributed by atoms with Gasteiger partial charge in [0.1, 0.15) is 11.5 Å². The molecule has 1 aromatic carbocycles. The van der Waals surface area contributed by atoms with Crippen molar-refractivity contribution in [3.8, 4) is 0 Å². The number of nitrogens with zero attached hydrogens (tertiary/aromatic N) is 3. The summed E-state index contributed by atoms with van der Waals surface area (Å²) in [4.78, 5) is 9.02. The largest absolute Gasteiger partial charge is 0.356 e. The lowest BCUT2D eigenvalue weighted by Crippen LogP contribution is -2.42. The Bertz CT molecular complexity index is 1010. The Morgan fingerprint density at radius 1 is 1.24 bits per heavy atom. The van der Waals surface area contributed by atoms with Crippen molar-refractivity contribution >= 4 is 35.6 Å². The average molecular weight is 507 g/mol. The van der Waals surface area contributed by atoms with Gasteiger partial charge in [0.25, 0.3) is 0 Å². The molecule has 4 rings (SSSR count). The third-order valence-electron chi connectivity index (χ3n) is 5.51. The highest BCUT2D eigenvalue weighted by Gasteiger charge is 2.44. The van der Waals surface area contributed by atoms with Gasteiger partial charge < -0.3 is 15.0 Å². The number of guanidine groups is 1. The molecule has 0 amide bonds. The van der Waals surface area contributed by atoms with Crippen molar-refractivity contribution in [2.75, 3.05) is 20.1 Å². The quantitative estimate of drug-likeness (QED) is 0.303. The molecule has 0 bridgehead atoms. The Morgan fingerprint density at radius 2 is 2.07 bits per heavy atom. The summed E-state index contributed by atoms with van der Waals surface area (Å²) in [6, 6.07) is 11.0. The minimum atomic E-state index is -0.172. The highest BCUT2D eigenvalue weighted by atomic mass is 127. The summed E-state index contributed by atoms with van der Waals surface area (Å²) in [5.41, 5.74) is 4.32. The van der Waals surface area contributed by atoms with Gasteiger partial charge in [-0.3, -0.25) is 4.99 Å². The summed E-state index contributed by atoms with van der Waals surface area (Å²) >= 11 is 0. The van der Waals surface area contributed by atoms with E-state index < -0.39 is 0 Å². The van der Waals surface area contributed by atoms with Gasteiger partial charge in [-0.15, -0.1) is 24.0 Å². The summed E-state index contributed by atoms with van der Waals surface area (Å²) in [7, 11) is 1.77. The molecular weight excluding hydrogens is 480 g/mol. The molecule has 2 heterocycles. The van der Waals surface area contributed by atoms with Crippen LogP contribution in [0.5, 0.6) is 0 Å².